The zero-order chi connectivity index (χ0) is 14.3. The van der Waals surface area contributed by atoms with Crippen LogP contribution in [0, 0.1) is 5.92 Å². The molecule has 4 heteroatoms. The fourth-order valence-electron chi connectivity index (χ4n) is 2.08. The van der Waals surface area contributed by atoms with Crippen molar-refractivity contribution in [3.63, 3.8) is 0 Å². The van der Waals surface area contributed by atoms with E-state index in [0.29, 0.717) is 5.69 Å². The standard InChI is InChI=1S/C15H27N3O/c1-5-7-13-10-14(18-17-13)15(19)16-12(4)9-6-8-11(2)3/h10-12H,5-9H2,1-4H3,(H,16,19)(H,17,18). The molecule has 0 saturated heterocycles. The van der Waals surface area contributed by atoms with E-state index < -0.39 is 0 Å². The van der Waals surface area contributed by atoms with E-state index >= 15 is 0 Å². The number of carbonyl (C=O) groups excluding carboxylic acids is 1. The minimum atomic E-state index is -0.0735. The van der Waals surface area contributed by atoms with Gasteiger partial charge in [-0.2, -0.15) is 5.10 Å². The molecular formula is C15H27N3O. The van der Waals surface area contributed by atoms with Gasteiger partial charge in [0.2, 0.25) is 0 Å². The van der Waals surface area contributed by atoms with Crippen LogP contribution in [0.3, 0.4) is 0 Å². The smallest absolute Gasteiger partial charge is 0.271 e. The predicted molar refractivity (Wildman–Crippen MR) is 78.2 cm³/mol. The van der Waals surface area contributed by atoms with E-state index in [1.807, 2.05) is 6.07 Å². The van der Waals surface area contributed by atoms with E-state index in [0.717, 1.165) is 37.3 Å². The second-order valence-corrected chi connectivity index (χ2v) is 5.73. The van der Waals surface area contributed by atoms with Crippen LogP contribution in [0.4, 0.5) is 0 Å². The van der Waals surface area contributed by atoms with Crippen molar-refractivity contribution in [3.8, 4) is 0 Å². The molecule has 0 aliphatic rings. The van der Waals surface area contributed by atoms with Crippen molar-refractivity contribution in [2.75, 3.05) is 0 Å². The Labute approximate surface area is 116 Å². The molecule has 1 heterocycles. The maximum absolute atomic E-state index is 12.0. The molecule has 108 valence electrons. The van der Waals surface area contributed by atoms with Gasteiger partial charge >= 0.3 is 0 Å². The van der Waals surface area contributed by atoms with Crippen LogP contribution in [0.15, 0.2) is 6.07 Å². The SMILES string of the molecule is CCCc1cc(C(=O)NC(C)CCCC(C)C)n[nH]1. The molecule has 1 unspecified atom stereocenters. The Balaban J connectivity index is 2.36. The van der Waals surface area contributed by atoms with Crippen LogP contribution in [0.5, 0.6) is 0 Å². The molecule has 0 spiro atoms. The van der Waals surface area contributed by atoms with Gasteiger partial charge < -0.3 is 5.32 Å². The largest absolute Gasteiger partial charge is 0.348 e. The maximum Gasteiger partial charge on any atom is 0.271 e. The van der Waals surface area contributed by atoms with E-state index in [1.165, 1.54) is 6.42 Å². The molecule has 1 aromatic heterocycles. The Bertz CT molecular complexity index is 384. The summed E-state index contributed by atoms with van der Waals surface area (Å²) in [5.74, 6) is 0.654. The Morgan fingerprint density at radius 1 is 1.37 bits per heavy atom. The number of aromatic nitrogens is 2. The molecular weight excluding hydrogens is 238 g/mol. The molecule has 1 amide bonds. The van der Waals surface area contributed by atoms with Gasteiger partial charge in [-0.15, -0.1) is 0 Å². The van der Waals surface area contributed by atoms with Crippen LogP contribution >= 0.6 is 0 Å². The molecule has 0 radical (unpaired) electrons. The lowest BCUT2D eigenvalue weighted by Crippen LogP contribution is -2.32. The third-order valence-electron chi connectivity index (χ3n) is 3.18. The van der Waals surface area contributed by atoms with Gasteiger partial charge in [-0.25, -0.2) is 0 Å². The molecule has 2 N–H and O–H groups in total. The summed E-state index contributed by atoms with van der Waals surface area (Å²) in [4.78, 5) is 12.0. The quantitative estimate of drug-likeness (QED) is 0.757. The number of aryl methyl sites for hydroxylation is 1. The summed E-state index contributed by atoms with van der Waals surface area (Å²) in [5, 5.41) is 9.97. The van der Waals surface area contributed by atoms with Gasteiger partial charge in [0.05, 0.1) is 0 Å². The monoisotopic (exact) mass is 265 g/mol. The molecule has 1 rings (SSSR count). The first-order chi connectivity index (χ1) is 9.02. The number of amides is 1. The van der Waals surface area contributed by atoms with Crippen LogP contribution in [-0.4, -0.2) is 22.1 Å². The molecule has 19 heavy (non-hydrogen) atoms. The van der Waals surface area contributed by atoms with E-state index in [4.69, 9.17) is 0 Å². The zero-order valence-corrected chi connectivity index (χ0v) is 12.6. The molecule has 0 aromatic carbocycles. The highest BCUT2D eigenvalue weighted by Gasteiger charge is 2.13. The van der Waals surface area contributed by atoms with Gasteiger partial charge in [0.25, 0.3) is 5.91 Å². The molecule has 0 bridgehead atoms. The van der Waals surface area contributed by atoms with Crippen LogP contribution in [0.2, 0.25) is 0 Å². The molecule has 0 aliphatic carbocycles. The fraction of sp³-hybridized carbons (Fsp3) is 0.733. The summed E-state index contributed by atoms with van der Waals surface area (Å²) in [7, 11) is 0. The molecule has 0 saturated carbocycles. The highest BCUT2D eigenvalue weighted by molar-refractivity contribution is 5.92. The van der Waals surface area contributed by atoms with Crippen LogP contribution in [0.25, 0.3) is 0 Å². The highest BCUT2D eigenvalue weighted by atomic mass is 16.2. The first-order valence-electron chi connectivity index (χ1n) is 7.38. The minimum absolute atomic E-state index is 0.0735. The molecule has 1 aromatic rings. The topological polar surface area (TPSA) is 57.8 Å². The predicted octanol–water partition coefficient (Wildman–Crippen LogP) is 3.31. The summed E-state index contributed by atoms with van der Waals surface area (Å²) >= 11 is 0. The van der Waals surface area contributed by atoms with Crippen molar-refractivity contribution in [2.45, 2.75) is 65.8 Å². The second kappa shape index (κ2) is 7.97. The van der Waals surface area contributed by atoms with Gasteiger partial charge in [-0.05, 0) is 31.7 Å². The normalized spacial score (nSPS) is 12.7. The van der Waals surface area contributed by atoms with Crippen molar-refractivity contribution in [2.24, 2.45) is 5.92 Å². The number of nitrogens with one attached hydrogen (secondary N) is 2. The molecule has 1 atom stereocenters. The molecule has 0 aliphatic heterocycles. The summed E-state index contributed by atoms with van der Waals surface area (Å²) in [5.41, 5.74) is 1.53. The number of rotatable bonds is 8. The number of aromatic amines is 1. The van der Waals surface area contributed by atoms with E-state index in [1.54, 1.807) is 0 Å². The van der Waals surface area contributed by atoms with E-state index in [-0.39, 0.29) is 11.9 Å². The zero-order valence-electron chi connectivity index (χ0n) is 12.6. The van der Waals surface area contributed by atoms with E-state index in [2.05, 4.69) is 43.2 Å². The number of H-pyrrole nitrogens is 1. The number of carbonyl (C=O) groups is 1. The number of hydrogen-bond acceptors (Lipinski definition) is 2. The second-order valence-electron chi connectivity index (χ2n) is 5.73. The summed E-state index contributed by atoms with van der Waals surface area (Å²) in [6.07, 6.45) is 5.37. The van der Waals surface area contributed by atoms with Gasteiger partial charge in [0, 0.05) is 11.7 Å². The van der Waals surface area contributed by atoms with Crippen LogP contribution < -0.4 is 5.32 Å². The maximum atomic E-state index is 12.0. The third-order valence-corrected chi connectivity index (χ3v) is 3.18. The van der Waals surface area contributed by atoms with Gasteiger partial charge in [-0.1, -0.05) is 40.0 Å². The van der Waals surface area contributed by atoms with Crippen molar-refractivity contribution in [1.82, 2.24) is 15.5 Å². The number of hydrogen-bond donors (Lipinski definition) is 2. The Morgan fingerprint density at radius 2 is 2.11 bits per heavy atom. The fourth-order valence-corrected chi connectivity index (χ4v) is 2.08. The highest BCUT2D eigenvalue weighted by Crippen LogP contribution is 2.09. The Kier molecular flexibility index (Phi) is 6.60. The van der Waals surface area contributed by atoms with Crippen LogP contribution in [-0.2, 0) is 6.42 Å². The third kappa shape index (κ3) is 5.90. The van der Waals surface area contributed by atoms with Crippen LogP contribution in [0.1, 0.15) is 69.6 Å². The van der Waals surface area contributed by atoms with Gasteiger partial charge in [-0.3, -0.25) is 9.89 Å². The minimum Gasteiger partial charge on any atom is -0.348 e. The molecule has 0 fully saturated rings. The van der Waals surface area contributed by atoms with Crippen molar-refractivity contribution < 1.29 is 4.79 Å². The Hall–Kier alpha value is -1.32. The van der Waals surface area contributed by atoms with Gasteiger partial charge in [0.1, 0.15) is 5.69 Å². The van der Waals surface area contributed by atoms with E-state index in [9.17, 15) is 4.79 Å². The molecule has 4 nitrogen and oxygen atoms in total. The average Bonchev–Trinajstić information content (AvgIpc) is 2.77. The summed E-state index contributed by atoms with van der Waals surface area (Å²) in [6.45, 7) is 8.61. The lowest BCUT2D eigenvalue weighted by Gasteiger charge is -2.13. The Morgan fingerprint density at radius 3 is 2.74 bits per heavy atom. The van der Waals surface area contributed by atoms with Crippen molar-refractivity contribution in [1.29, 1.82) is 0 Å². The average molecular weight is 265 g/mol. The first-order valence-corrected chi connectivity index (χ1v) is 7.38. The lowest BCUT2D eigenvalue weighted by molar-refractivity contribution is 0.0932. The lowest BCUT2D eigenvalue weighted by atomic mass is 10.0. The summed E-state index contributed by atoms with van der Waals surface area (Å²) in [6, 6.07) is 2.05. The number of nitrogens with zero attached hydrogens (tertiary/aromatic N) is 1. The van der Waals surface area contributed by atoms with Crippen molar-refractivity contribution in [3.05, 3.63) is 17.5 Å². The first kappa shape index (κ1) is 15.7. The van der Waals surface area contributed by atoms with Crippen molar-refractivity contribution >= 4 is 5.91 Å². The van der Waals surface area contributed by atoms with Gasteiger partial charge in [0.15, 0.2) is 0 Å². The summed E-state index contributed by atoms with van der Waals surface area (Å²) < 4.78 is 0.